The largest absolute Gasteiger partial charge is 0.491 e. The number of para-hydroxylation sites is 1. The Hall–Kier alpha value is -2.49. The van der Waals surface area contributed by atoms with Crippen molar-refractivity contribution < 1.29 is 14.3 Å². The summed E-state index contributed by atoms with van der Waals surface area (Å²) in [5.41, 5.74) is 2.26. The second-order valence-corrected chi connectivity index (χ2v) is 7.46. The maximum absolute atomic E-state index is 12.2. The molecule has 2 aromatic carbocycles. The van der Waals surface area contributed by atoms with Crippen LogP contribution < -0.4 is 14.8 Å². The highest BCUT2D eigenvalue weighted by atomic mass is 16.5. The van der Waals surface area contributed by atoms with E-state index < -0.39 is 6.10 Å². The minimum atomic E-state index is -0.557. The Balaban J connectivity index is 1.80. The minimum Gasteiger partial charge on any atom is -0.491 e. The monoisotopic (exact) mass is 355 g/mol. The molecule has 0 saturated carbocycles. The van der Waals surface area contributed by atoms with Crippen LogP contribution >= 0.6 is 0 Å². The number of aryl methyl sites for hydroxylation is 1. The molecule has 0 heterocycles. The van der Waals surface area contributed by atoms with Crippen molar-refractivity contribution in [3.8, 4) is 11.5 Å². The Morgan fingerprint density at radius 2 is 1.85 bits per heavy atom. The summed E-state index contributed by atoms with van der Waals surface area (Å²) in [6, 6.07) is 15.7. The summed E-state index contributed by atoms with van der Waals surface area (Å²) >= 11 is 0. The van der Waals surface area contributed by atoms with Crippen LogP contribution in [0.25, 0.3) is 0 Å². The second kappa shape index (κ2) is 8.75. The van der Waals surface area contributed by atoms with Crippen LogP contribution in [-0.2, 0) is 10.2 Å². The first kappa shape index (κ1) is 19.8. The van der Waals surface area contributed by atoms with Crippen molar-refractivity contribution in [2.45, 2.75) is 46.1 Å². The molecule has 0 aliphatic carbocycles. The average molecular weight is 355 g/mol. The first-order valence-electron chi connectivity index (χ1n) is 9.01. The lowest BCUT2D eigenvalue weighted by Gasteiger charge is -2.22. The summed E-state index contributed by atoms with van der Waals surface area (Å²) < 4.78 is 11.6. The van der Waals surface area contributed by atoms with Crippen LogP contribution in [0.5, 0.6) is 11.5 Å². The third-order valence-corrected chi connectivity index (χ3v) is 4.03. The van der Waals surface area contributed by atoms with Gasteiger partial charge in [-0.2, -0.15) is 0 Å². The Labute approximate surface area is 156 Å². The summed E-state index contributed by atoms with van der Waals surface area (Å²) in [6.07, 6.45) is -0.557. The van der Waals surface area contributed by atoms with Gasteiger partial charge in [0, 0.05) is 0 Å². The average Bonchev–Trinajstić information content (AvgIpc) is 2.58. The molecule has 0 bridgehead atoms. The zero-order valence-corrected chi connectivity index (χ0v) is 16.3. The zero-order chi connectivity index (χ0) is 19.2. The number of hydrogen-bond donors (Lipinski definition) is 1. The molecular weight excluding hydrogens is 326 g/mol. The van der Waals surface area contributed by atoms with Gasteiger partial charge in [-0.1, -0.05) is 51.1 Å². The van der Waals surface area contributed by atoms with Crippen molar-refractivity contribution >= 4 is 5.91 Å². The molecule has 0 fully saturated rings. The zero-order valence-electron chi connectivity index (χ0n) is 16.3. The van der Waals surface area contributed by atoms with Crippen molar-refractivity contribution in [2.24, 2.45) is 0 Å². The fourth-order valence-corrected chi connectivity index (χ4v) is 2.64. The van der Waals surface area contributed by atoms with Gasteiger partial charge in [-0.05, 0) is 48.6 Å². The highest BCUT2D eigenvalue weighted by molar-refractivity contribution is 5.80. The molecule has 0 saturated heterocycles. The first-order chi connectivity index (χ1) is 12.3. The Kier molecular flexibility index (Phi) is 6.67. The van der Waals surface area contributed by atoms with Gasteiger partial charge in [-0.25, -0.2) is 0 Å². The van der Waals surface area contributed by atoms with Crippen molar-refractivity contribution in [3.05, 3.63) is 59.7 Å². The molecule has 4 nitrogen and oxygen atoms in total. The van der Waals surface area contributed by atoms with Gasteiger partial charge in [0.1, 0.15) is 18.1 Å². The van der Waals surface area contributed by atoms with Crippen molar-refractivity contribution in [3.63, 3.8) is 0 Å². The van der Waals surface area contributed by atoms with E-state index >= 15 is 0 Å². The number of benzene rings is 2. The van der Waals surface area contributed by atoms with Crippen LogP contribution in [0.3, 0.4) is 0 Å². The number of rotatable bonds is 7. The van der Waals surface area contributed by atoms with E-state index in [2.05, 4.69) is 32.2 Å². The van der Waals surface area contributed by atoms with Gasteiger partial charge in [0.25, 0.3) is 5.91 Å². The summed E-state index contributed by atoms with van der Waals surface area (Å²) in [7, 11) is 0. The van der Waals surface area contributed by atoms with Crippen molar-refractivity contribution in [1.29, 1.82) is 0 Å². The fraction of sp³-hybridized carbons (Fsp3) is 0.409. The maximum atomic E-state index is 12.2. The Morgan fingerprint density at radius 3 is 2.54 bits per heavy atom. The Morgan fingerprint density at radius 1 is 1.12 bits per heavy atom. The number of ether oxygens (including phenoxy) is 2. The maximum Gasteiger partial charge on any atom is 0.260 e. The lowest BCUT2D eigenvalue weighted by molar-refractivity contribution is -0.127. The van der Waals surface area contributed by atoms with E-state index in [0.29, 0.717) is 18.9 Å². The van der Waals surface area contributed by atoms with Crippen LogP contribution in [-0.4, -0.2) is 25.2 Å². The molecule has 140 valence electrons. The predicted molar refractivity (Wildman–Crippen MR) is 105 cm³/mol. The number of nitrogens with one attached hydrogen (secondary N) is 1. The lowest BCUT2D eigenvalue weighted by Crippen LogP contribution is -2.38. The molecular formula is C22H29NO3. The molecule has 0 aliphatic heterocycles. The van der Waals surface area contributed by atoms with Crippen LogP contribution in [0.2, 0.25) is 0 Å². The van der Waals surface area contributed by atoms with Crippen molar-refractivity contribution in [1.82, 2.24) is 5.32 Å². The molecule has 0 spiro atoms. The van der Waals surface area contributed by atoms with Crippen molar-refractivity contribution in [2.75, 3.05) is 13.2 Å². The summed E-state index contributed by atoms with van der Waals surface area (Å²) in [6.45, 7) is 11.0. The smallest absolute Gasteiger partial charge is 0.260 e. The van der Waals surface area contributed by atoms with Gasteiger partial charge in [-0.15, -0.1) is 0 Å². The van der Waals surface area contributed by atoms with Gasteiger partial charge >= 0.3 is 0 Å². The first-order valence-corrected chi connectivity index (χ1v) is 9.01. The molecule has 26 heavy (non-hydrogen) atoms. The highest BCUT2D eigenvalue weighted by Gasteiger charge is 2.18. The van der Waals surface area contributed by atoms with Gasteiger partial charge in [0.2, 0.25) is 0 Å². The number of amides is 1. The summed E-state index contributed by atoms with van der Waals surface area (Å²) in [4.78, 5) is 12.2. The SMILES string of the molecule is Cc1cccc(OC(C)C(=O)NCCOc2ccccc2C(C)(C)C)c1. The third kappa shape index (κ3) is 5.80. The van der Waals surface area contributed by atoms with E-state index in [4.69, 9.17) is 9.47 Å². The minimum absolute atomic E-state index is 0.00993. The predicted octanol–water partition coefficient (Wildman–Crippen LogP) is 4.26. The van der Waals surface area contributed by atoms with Crippen LogP contribution in [0.4, 0.5) is 0 Å². The highest BCUT2D eigenvalue weighted by Crippen LogP contribution is 2.30. The van der Waals surface area contributed by atoms with Gasteiger partial charge in [0.05, 0.1) is 6.54 Å². The molecule has 2 rings (SSSR count). The number of carbonyl (C=O) groups excluding carboxylic acids is 1. The Bertz CT molecular complexity index is 734. The molecule has 1 amide bonds. The van der Waals surface area contributed by atoms with E-state index in [-0.39, 0.29) is 11.3 Å². The molecule has 1 atom stereocenters. The third-order valence-electron chi connectivity index (χ3n) is 4.03. The van der Waals surface area contributed by atoms with E-state index in [0.717, 1.165) is 16.9 Å². The molecule has 4 heteroatoms. The molecule has 1 N–H and O–H groups in total. The van der Waals surface area contributed by atoms with E-state index in [1.54, 1.807) is 6.92 Å². The number of carbonyl (C=O) groups is 1. The van der Waals surface area contributed by atoms with E-state index in [1.807, 2.05) is 49.4 Å². The van der Waals surface area contributed by atoms with Crippen LogP contribution in [0, 0.1) is 6.92 Å². The van der Waals surface area contributed by atoms with Gasteiger partial charge in [0.15, 0.2) is 6.10 Å². The molecule has 0 radical (unpaired) electrons. The van der Waals surface area contributed by atoms with Gasteiger partial charge < -0.3 is 14.8 Å². The van der Waals surface area contributed by atoms with Crippen LogP contribution in [0.15, 0.2) is 48.5 Å². The van der Waals surface area contributed by atoms with E-state index in [1.165, 1.54) is 0 Å². The summed E-state index contributed by atoms with van der Waals surface area (Å²) in [5, 5.41) is 2.86. The second-order valence-electron chi connectivity index (χ2n) is 7.46. The molecule has 0 aromatic heterocycles. The molecule has 1 unspecified atom stereocenters. The fourth-order valence-electron chi connectivity index (χ4n) is 2.64. The lowest BCUT2D eigenvalue weighted by atomic mass is 9.86. The summed E-state index contributed by atoms with van der Waals surface area (Å²) in [5.74, 6) is 1.40. The topological polar surface area (TPSA) is 47.6 Å². The normalized spacial score (nSPS) is 12.3. The van der Waals surface area contributed by atoms with E-state index in [9.17, 15) is 4.79 Å². The standard InChI is InChI=1S/C22H29NO3/c1-16-9-8-10-18(15-16)26-17(2)21(24)23-13-14-25-20-12-7-6-11-19(20)22(3,4)5/h6-12,15,17H,13-14H2,1-5H3,(H,23,24). The molecule has 0 aliphatic rings. The quantitative estimate of drug-likeness (QED) is 0.755. The van der Waals surface area contributed by atoms with Gasteiger partial charge in [-0.3, -0.25) is 4.79 Å². The van der Waals surface area contributed by atoms with Crippen LogP contribution in [0.1, 0.15) is 38.8 Å². The number of hydrogen-bond acceptors (Lipinski definition) is 3. The molecule has 2 aromatic rings.